The minimum atomic E-state index is -1.17. The lowest BCUT2D eigenvalue weighted by atomic mass is 9.76. The fourth-order valence-electron chi connectivity index (χ4n) is 4.53. The van der Waals surface area contributed by atoms with Gasteiger partial charge in [0.25, 0.3) is 5.91 Å². The number of hydrogen-bond donors (Lipinski definition) is 2. The van der Waals surface area contributed by atoms with Gasteiger partial charge in [-0.15, -0.1) is 0 Å². The summed E-state index contributed by atoms with van der Waals surface area (Å²) in [6.45, 7) is 4.47. The van der Waals surface area contributed by atoms with Crippen molar-refractivity contribution in [2.45, 2.75) is 44.6 Å². The van der Waals surface area contributed by atoms with Gasteiger partial charge in [0.05, 0.1) is 6.04 Å². The number of anilines is 1. The summed E-state index contributed by atoms with van der Waals surface area (Å²) in [5.41, 5.74) is 5.34. The van der Waals surface area contributed by atoms with Gasteiger partial charge in [-0.3, -0.25) is 4.79 Å². The monoisotopic (exact) mass is 403 g/mol. The van der Waals surface area contributed by atoms with E-state index in [1.54, 1.807) is 6.07 Å². The third kappa shape index (κ3) is 3.97. The Hall–Kier alpha value is -3.08. The van der Waals surface area contributed by atoms with E-state index in [1.807, 2.05) is 12.1 Å². The smallest absolute Gasteiger partial charge is 0.251 e. The van der Waals surface area contributed by atoms with Crippen molar-refractivity contribution in [3.8, 4) is 0 Å². The Balaban J connectivity index is 1.57. The largest absolute Gasteiger partial charge is 0.550 e. The maximum absolute atomic E-state index is 12.4. The number of allylic oxidation sites excluding steroid dienone is 2. The number of carboxylic acid groups (broad SMARTS) is 1. The maximum Gasteiger partial charge on any atom is 0.251 e. The van der Waals surface area contributed by atoms with E-state index in [2.05, 4.69) is 60.9 Å². The van der Waals surface area contributed by atoms with Crippen LogP contribution in [0.5, 0.6) is 0 Å². The average Bonchev–Trinajstić information content (AvgIpc) is 3.23. The topological polar surface area (TPSA) is 81.3 Å². The van der Waals surface area contributed by atoms with E-state index in [9.17, 15) is 14.7 Å². The van der Waals surface area contributed by atoms with Crippen molar-refractivity contribution < 1.29 is 14.7 Å². The second-order valence-corrected chi connectivity index (χ2v) is 8.48. The third-order valence-corrected chi connectivity index (χ3v) is 6.20. The molecule has 2 aromatic carbocycles. The van der Waals surface area contributed by atoms with Crippen LogP contribution in [0.25, 0.3) is 0 Å². The van der Waals surface area contributed by atoms with Gasteiger partial charge in [-0.1, -0.05) is 50.3 Å². The van der Waals surface area contributed by atoms with Crippen LogP contribution in [0.2, 0.25) is 0 Å². The van der Waals surface area contributed by atoms with Crippen LogP contribution in [-0.4, -0.2) is 18.4 Å². The lowest BCUT2D eigenvalue weighted by Crippen LogP contribution is -2.32. The van der Waals surface area contributed by atoms with Crippen LogP contribution in [0.4, 0.5) is 5.69 Å². The summed E-state index contributed by atoms with van der Waals surface area (Å²) in [5.74, 6) is -0.262. The zero-order valence-electron chi connectivity index (χ0n) is 17.4. The number of rotatable bonds is 6. The molecule has 1 aliphatic carbocycles. The molecule has 1 aliphatic heterocycles. The number of hydrogen-bond acceptors (Lipinski definition) is 4. The molecule has 0 aromatic heterocycles. The van der Waals surface area contributed by atoms with Crippen molar-refractivity contribution in [1.29, 1.82) is 0 Å². The zero-order chi connectivity index (χ0) is 21.3. The summed E-state index contributed by atoms with van der Waals surface area (Å²) >= 11 is 0. The van der Waals surface area contributed by atoms with Gasteiger partial charge in [-0.2, -0.15) is 0 Å². The normalized spacial score (nSPS) is 21.6. The van der Waals surface area contributed by atoms with Crippen LogP contribution >= 0.6 is 0 Å². The molecule has 1 amide bonds. The number of carboxylic acids is 1. The van der Waals surface area contributed by atoms with Crippen molar-refractivity contribution in [3.05, 3.63) is 76.9 Å². The summed E-state index contributed by atoms with van der Waals surface area (Å²) in [4.78, 5) is 23.0. The lowest BCUT2D eigenvalue weighted by molar-refractivity contribution is -0.305. The van der Waals surface area contributed by atoms with Crippen molar-refractivity contribution in [1.82, 2.24) is 5.32 Å². The number of carbonyl (C=O) groups is 2. The van der Waals surface area contributed by atoms with Gasteiger partial charge in [0.1, 0.15) is 0 Å². The molecule has 4 rings (SSSR count). The first-order valence-electron chi connectivity index (χ1n) is 10.6. The van der Waals surface area contributed by atoms with Crippen molar-refractivity contribution in [3.63, 3.8) is 0 Å². The second-order valence-electron chi connectivity index (χ2n) is 8.48. The van der Waals surface area contributed by atoms with E-state index >= 15 is 0 Å². The van der Waals surface area contributed by atoms with Gasteiger partial charge >= 0.3 is 0 Å². The van der Waals surface area contributed by atoms with Crippen molar-refractivity contribution >= 4 is 17.6 Å². The lowest BCUT2D eigenvalue weighted by Gasteiger charge is -2.37. The molecule has 5 heteroatoms. The van der Waals surface area contributed by atoms with Gasteiger partial charge in [-0.05, 0) is 53.1 Å². The number of benzene rings is 2. The van der Waals surface area contributed by atoms with E-state index in [1.165, 1.54) is 11.1 Å². The first-order valence-corrected chi connectivity index (χ1v) is 10.6. The Morgan fingerprint density at radius 2 is 1.93 bits per heavy atom. The molecule has 0 saturated carbocycles. The fourth-order valence-corrected chi connectivity index (χ4v) is 4.53. The summed E-state index contributed by atoms with van der Waals surface area (Å²) in [6, 6.07) is 14.8. The van der Waals surface area contributed by atoms with Crippen LogP contribution in [0, 0.1) is 5.92 Å². The molecular weight excluding hydrogens is 376 g/mol. The minimum absolute atomic E-state index is 0.0664. The molecule has 3 atom stereocenters. The molecule has 0 saturated heterocycles. The zero-order valence-corrected chi connectivity index (χ0v) is 17.4. The van der Waals surface area contributed by atoms with Crippen molar-refractivity contribution in [2.24, 2.45) is 5.92 Å². The molecular formula is C25H27N2O3-. The standard InChI is InChI=1S/C25H28N2O3/c1-15(2)16-6-8-17(9-7-16)24-20-5-3-4-19(20)21-14-18(10-11-22(21)27-24)25(30)26-13-12-23(28)29/h3-4,6-11,14-15,19-20,24,27H,5,12-13H2,1-2H3,(H,26,30)(H,28,29)/p-1/t19-,20-,24+/m1/s1. The molecule has 0 fully saturated rings. The van der Waals surface area contributed by atoms with Crippen LogP contribution < -0.4 is 15.7 Å². The maximum atomic E-state index is 12.4. The highest BCUT2D eigenvalue weighted by Crippen LogP contribution is 2.50. The molecule has 0 unspecified atom stereocenters. The molecule has 2 N–H and O–H groups in total. The average molecular weight is 404 g/mol. The van der Waals surface area contributed by atoms with Crippen molar-refractivity contribution in [2.75, 3.05) is 11.9 Å². The molecule has 0 spiro atoms. The molecule has 2 aliphatic rings. The van der Waals surface area contributed by atoms with Crippen LogP contribution in [0.3, 0.4) is 0 Å². The Morgan fingerprint density at radius 3 is 2.63 bits per heavy atom. The van der Waals surface area contributed by atoms with E-state index in [-0.39, 0.29) is 30.8 Å². The van der Waals surface area contributed by atoms with E-state index < -0.39 is 5.97 Å². The van der Waals surface area contributed by atoms with Crippen LogP contribution in [0.1, 0.15) is 71.6 Å². The van der Waals surface area contributed by atoms with E-state index in [0.29, 0.717) is 17.4 Å². The molecule has 1 heterocycles. The van der Waals surface area contributed by atoms with E-state index in [0.717, 1.165) is 17.7 Å². The molecule has 0 bridgehead atoms. The predicted octanol–water partition coefficient (Wildman–Crippen LogP) is 3.51. The molecule has 2 aromatic rings. The number of fused-ring (bicyclic) bond motifs is 3. The summed E-state index contributed by atoms with van der Waals surface area (Å²) in [7, 11) is 0. The number of nitrogens with one attached hydrogen (secondary N) is 2. The molecule has 30 heavy (non-hydrogen) atoms. The molecule has 156 valence electrons. The Kier molecular flexibility index (Phi) is 5.62. The van der Waals surface area contributed by atoms with Gasteiger partial charge in [0.15, 0.2) is 0 Å². The van der Waals surface area contributed by atoms with Gasteiger partial charge < -0.3 is 20.5 Å². The SMILES string of the molecule is CC(C)c1ccc([C@@H]2Nc3ccc(C(=O)NCCC(=O)[O-])cc3[C@@H]3C=CC[C@H]32)cc1. The summed E-state index contributed by atoms with van der Waals surface area (Å²) < 4.78 is 0. The summed E-state index contributed by atoms with van der Waals surface area (Å²) in [6.07, 6.45) is 5.28. The summed E-state index contributed by atoms with van der Waals surface area (Å²) in [5, 5.41) is 16.9. The first-order chi connectivity index (χ1) is 14.4. The highest BCUT2D eigenvalue weighted by molar-refractivity contribution is 5.95. The Bertz CT molecular complexity index is 978. The van der Waals surface area contributed by atoms with Crippen LogP contribution in [0.15, 0.2) is 54.6 Å². The number of amides is 1. The number of aliphatic carboxylic acids is 1. The Morgan fingerprint density at radius 1 is 1.17 bits per heavy atom. The fraction of sp³-hybridized carbons (Fsp3) is 0.360. The first kappa shape index (κ1) is 20.2. The third-order valence-electron chi connectivity index (χ3n) is 6.20. The van der Waals surface area contributed by atoms with Gasteiger partial charge in [-0.25, -0.2) is 0 Å². The highest BCUT2D eigenvalue weighted by atomic mass is 16.4. The Labute approximate surface area is 177 Å². The predicted molar refractivity (Wildman–Crippen MR) is 115 cm³/mol. The quantitative estimate of drug-likeness (QED) is 0.724. The van der Waals surface area contributed by atoms with Crippen LogP contribution in [-0.2, 0) is 4.79 Å². The van der Waals surface area contributed by atoms with Gasteiger partial charge in [0, 0.05) is 36.1 Å². The molecule has 5 nitrogen and oxygen atoms in total. The van der Waals surface area contributed by atoms with Gasteiger partial charge in [0.2, 0.25) is 0 Å². The second kappa shape index (κ2) is 8.34. The minimum Gasteiger partial charge on any atom is -0.550 e. The highest BCUT2D eigenvalue weighted by Gasteiger charge is 2.38. The van der Waals surface area contributed by atoms with E-state index in [4.69, 9.17) is 0 Å². The molecule has 0 radical (unpaired) electrons. The number of carbonyl (C=O) groups excluding carboxylic acids is 2.